The summed E-state index contributed by atoms with van der Waals surface area (Å²) in [6, 6.07) is 2.75. The molecule has 0 radical (unpaired) electrons. The highest BCUT2D eigenvalue weighted by molar-refractivity contribution is 5.98. The molecule has 1 saturated heterocycles. The number of rotatable bonds is 2. The Morgan fingerprint density at radius 3 is 2.60 bits per heavy atom. The highest BCUT2D eigenvalue weighted by Gasteiger charge is 2.59. The zero-order valence-corrected chi connectivity index (χ0v) is 13.7. The van der Waals surface area contributed by atoms with Crippen LogP contribution in [0.25, 0.3) is 0 Å². The second kappa shape index (κ2) is 5.54. The third kappa shape index (κ3) is 2.67. The van der Waals surface area contributed by atoms with Gasteiger partial charge in [-0.25, -0.2) is 4.39 Å². The average Bonchev–Trinajstić information content (AvgIpc) is 3.28. The number of nitrogens with one attached hydrogen (secondary N) is 1. The second-order valence-corrected chi connectivity index (χ2v) is 7.29. The van der Waals surface area contributed by atoms with E-state index in [1.54, 1.807) is 4.90 Å². The van der Waals surface area contributed by atoms with Crippen molar-refractivity contribution in [2.24, 2.45) is 11.3 Å². The van der Waals surface area contributed by atoms with E-state index in [-0.39, 0.29) is 28.7 Å². The maximum atomic E-state index is 14.4. The second-order valence-electron chi connectivity index (χ2n) is 7.29. The molecule has 4 rings (SSSR count). The quantitative estimate of drug-likeness (QED) is 0.858. The monoisotopic (exact) mass is 346 g/mol. The number of fused-ring (bicyclic) bond motifs is 1. The van der Waals surface area contributed by atoms with Crippen molar-refractivity contribution in [2.45, 2.75) is 32.1 Å². The van der Waals surface area contributed by atoms with Crippen molar-refractivity contribution in [3.8, 4) is 0 Å². The number of hydrogen-bond donors (Lipinski definition) is 2. The molecule has 2 aliphatic heterocycles. The van der Waals surface area contributed by atoms with Crippen LogP contribution in [0.3, 0.4) is 0 Å². The number of anilines is 1. The third-order valence-electron chi connectivity index (χ3n) is 5.85. The molecule has 2 heterocycles. The molecule has 1 atom stereocenters. The number of nitrogens with zero attached hydrogens (tertiary/aromatic N) is 1. The van der Waals surface area contributed by atoms with Crippen LogP contribution in [-0.2, 0) is 16.0 Å². The largest absolute Gasteiger partial charge is 0.481 e. The maximum Gasteiger partial charge on any atom is 0.307 e. The van der Waals surface area contributed by atoms with Crippen molar-refractivity contribution < 1.29 is 23.9 Å². The smallest absolute Gasteiger partial charge is 0.307 e. The molecule has 0 bridgehead atoms. The van der Waals surface area contributed by atoms with Crippen LogP contribution in [0, 0.1) is 17.2 Å². The lowest BCUT2D eigenvalue weighted by atomic mass is 9.90. The number of amides is 2. The first-order chi connectivity index (χ1) is 11.9. The van der Waals surface area contributed by atoms with Crippen molar-refractivity contribution in [3.05, 3.63) is 29.1 Å². The standard InChI is InChI=1S/C18H19FN2O4/c19-13-8-14-10(1-2-15(22)20-14)7-11(13)16(23)21-5-3-18(4-6-21)9-12(18)17(24)25/h7-8,12H,1-6,9H2,(H,20,22)(H,24,25). The van der Waals surface area contributed by atoms with Crippen LogP contribution < -0.4 is 5.32 Å². The normalized spacial score (nSPS) is 23.8. The Morgan fingerprint density at radius 1 is 1.24 bits per heavy atom. The van der Waals surface area contributed by atoms with E-state index >= 15 is 0 Å². The average molecular weight is 346 g/mol. The van der Waals surface area contributed by atoms with Gasteiger partial charge in [-0.3, -0.25) is 14.4 Å². The number of carbonyl (C=O) groups excluding carboxylic acids is 2. The number of aryl methyl sites for hydroxylation is 1. The summed E-state index contributed by atoms with van der Waals surface area (Å²) in [6.45, 7) is 0.908. The third-order valence-corrected chi connectivity index (χ3v) is 5.85. The Bertz CT molecular complexity index is 784. The fraction of sp³-hybridized carbons (Fsp3) is 0.500. The van der Waals surface area contributed by atoms with Gasteiger partial charge in [-0.1, -0.05) is 0 Å². The van der Waals surface area contributed by atoms with Crippen LogP contribution in [0.1, 0.15) is 41.6 Å². The van der Waals surface area contributed by atoms with E-state index in [9.17, 15) is 18.8 Å². The number of hydrogen-bond acceptors (Lipinski definition) is 3. The van der Waals surface area contributed by atoms with E-state index in [0.717, 1.165) is 5.56 Å². The van der Waals surface area contributed by atoms with Gasteiger partial charge in [0.2, 0.25) is 5.91 Å². The zero-order chi connectivity index (χ0) is 17.8. The lowest BCUT2D eigenvalue weighted by Crippen LogP contribution is -2.40. The molecule has 3 aliphatic rings. The number of carboxylic acid groups (broad SMARTS) is 1. The topological polar surface area (TPSA) is 86.7 Å². The van der Waals surface area contributed by atoms with Gasteiger partial charge in [0.25, 0.3) is 5.91 Å². The zero-order valence-electron chi connectivity index (χ0n) is 13.7. The molecule has 2 N–H and O–H groups in total. The van der Waals surface area contributed by atoms with Crippen molar-refractivity contribution in [2.75, 3.05) is 18.4 Å². The molecule has 25 heavy (non-hydrogen) atoms. The maximum absolute atomic E-state index is 14.4. The van der Waals surface area contributed by atoms with Gasteiger partial charge < -0.3 is 15.3 Å². The molecule has 1 spiro atoms. The van der Waals surface area contributed by atoms with Crippen LogP contribution in [0.5, 0.6) is 0 Å². The van der Waals surface area contributed by atoms with Crippen molar-refractivity contribution >= 4 is 23.5 Å². The van der Waals surface area contributed by atoms with Gasteiger partial charge in [-0.05, 0) is 48.8 Å². The molecular weight excluding hydrogens is 327 g/mol. The first-order valence-corrected chi connectivity index (χ1v) is 8.54. The predicted molar refractivity (Wildman–Crippen MR) is 86.7 cm³/mol. The summed E-state index contributed by atoms with van der Waals surface area (Å²) in [5, 5.41) is 11.8. The number of benzene rings is 1. The van der Waals surface area contributed by atoms with E-state index in [0.29, 0.717) is 50.9 Å². The Hall–Kier alpha value is -2.44. The van der Waals surface area contributed by atoms with E-state index in [1.165, 1.54) is 12.1 Å². The van der Waals surface area contributed by atoms with Crippen LogP contribution in [0.2, 0.25) is 0 Å². The van der Waals surface area contributed by atoms with Crippen molar-refractivity contribution in [3.63, 3.8) is 0 Å². The number of carboxylic acids is 1. The summed E-state index contributed by atoms with van der Waals surface area (Å²) in [5.41, 5.74) is 1.06. The summed E-state index contributed by atoms with van der Waals surface area (Å²) in [4.78, 5) is 36.8. The Labute approximate surface area is 144 Å². The molecule has 2 amide bonds. The van der Waals surface area contributed by atoms with E-state index in [2.05, 4.69) is 5.32 Å². The molecule has 0 aromatic heterocycles. The Morgan fingerprint density at radius 2 is 1.96 bits per heavy atom. The molecule has 2 fully saturated rings. The molecular formula is C18H19FN2O4. The van der Waals surface area contributed by atoms with Gasteiger partial charge in [-0.15, -0.1) is 0 Å². The first-order valence-electron chi connectivity index (χ1n) is 8.54. The molecule has 1 saturated carbocycles. The highest BCUT2D eigenvalue weighted by Crippen LogP contribution is 2.59. The fourth-order valence-electron chi connectivity index (χ4n) is 4.14. The lowest BCUT2D eigenvalue weighted by molar-refractivity contribution is -0.139. The summed E-state index contributed by atoms with van der Waals surface area (Å²) in [7, 11) is 0. The fourth-order valence-corrected chi connectivity index (χ4v) is 4.14. The summed E-state index contributed by atoms with van der Waals surface area (Å²) >= 11 is 0. The molecule has 6 nitrogen and oxygen atoms in total. The molecule has 7 heteroatoms. The predicted octanol–water partition coefficient (Wildman–Crippen LogP) is 2.04. The Balaban J connectivity index is 1.49. The first kappa shape index (κ1) is 16.1. The van der Waals surface area contributed by atoms with Gasteiger partial charge in [-0.2, -0.15) is 0 Å². The minimum Gasteiger partial charge on any atom is -0.481 e. The van der Waals surface area contributed by atoms with E-state index in [1.807, 2.05) is 0 Å². The van der Waals surface area contributed by atoms with Crippen LogP contribution in [0.4, 0.5) is 10.1 Å². The van der Waals surface area contributed by atoms with Crippen molar-refractivity contribution in [1.29, 1.82) is 0 Å². The number of piperidine rings is 1. The van der Waals surface area contributed by atoms with Crippen molar-refractivity contribution in [1.82, 2.24) is 4.90 Å². The van der Waals surface area contributed by atoms with E-state index < -0.39 is 11.8 Å². The number of halogens is 1. The van der Waals surface area contributed by atoms with Crippen LogP contribution in [-0.4, -0.2) is 40.9 Å². The molecule has 1 aromatic carbocycles. The minimum atomic E-state index is -0.762. The summed E-state index contributed by atoms with van der Waals surface area (Å²) < 4.78 is 14.4. The molecule has 1 aromatic rings. The lowest BCUT2D eigenvalue weighted by Gasteiger charge is -2.33. The van der Waals surface area contributed by atoms with Gasteiger partial charge in [0.05, 0.1) is 11.5 Å². The minimum absolute atomic E-state index is 0.0245. The van der Waals surface area contributed by atoms with Gasteiger partial charge in [0.1, 0.15) is 5.82 Å². The van der Waals surface area contributed by atoms with Crippen LogP contribution >= 0.6 is 0 Å². The highest BCUT2D eigenvalue weighted by atomic mass is 19.1. The molecule has 1 unspecified atom stereocenters. The number of likely N-dealkylation sites (tertiary alicyclic amines) is 1. The number of carbonyl (C=O) groups is 3. The van der Waals surface area contributed by atoms with Gasteiger partial charge in [0, 0.05) is 25.2 Å². The summed E-state index contributed by atoms with van der Waals surface area (Å²) in [6.07, 6.45) is 2.80. The van der Waals surface area contributed by atoms with Gasteiger partial charge in [0.15, 0.2) is 0 Å². The Kier molecular flexibility index (Phi) is 3.56. The molecule has 132 valence electrons. The molecule has 1 aliphatic carbocycles. The SMILES string of the molecule is O=C1CCc2cc(C(=O)N3CCC4(CC3)CC4C(=O)O)c(F)cc2N1. The number of aliphatic carboxylic acids is 1. The van der Waals surface area contributed by atoms with Crippen LogP contribution in [0.15, 0.2) is 12.1 Å². The summed E-state index contributed by atoms with van der Waals surface area (Å²) in [5.74, 6) is -2.21. The van der Waals surface area contributed by atoms with Gasteiger partial charge >= 0.3 is 5.97 Å². The van der Waals surface area contributed by atoms with E-state index in [4.69, 9.17) is 5.11 Å².